The van der Waals surface area contributed by atoms with Gasteiger partial charge in [-0.3, -0.25) is 48.6 Å². The van der Waals surface area contributed by atoms with E-state index >= 15 is 0 Å². The SMILES string of the molecule is CC(C)C[C@H](NC(=O)CNC(=O)[C@H](CC(C)C)NC(=O)[C@@H]1CCCN1C(=O)[C@@H](N)CCCCN)C(=O)N[C@@H](CN)C(=O)N[C@@H](C)C(=O)N[C@@H](CCCNC(=N)N)C(=O)N[C@@H](CS)C(=O)S. The number of hydrogen-bond donors (Lipinski definition) is 15. The highest BCUT2D eigenvalue weighted by Gasteiger charge is 2.38. The Bertz CT molecular complexity index is 1640. The number of hydrogen-bond acceptors (Lipinski definition) is 14. The number of nitrogens with two attached hydrogens (primary N) is 4. The molecule has 0 radical (unpaired) electrons. The largest absolute Gasteiger partial charge is 0.370 e. The summed E-state index contributed by atoms with van der Waals surface area (Å²) in [6, 6.07) is -8.65. The molecule has 1 fully saturated rings. The number of rotatable bonds is 30. The quantitative estimate of drug-likeness (QED) is 0.0142. The van der Waals surface area contributed by atoms with Gasteiger partial charge >= 0.3 is 0 Å². The average molecular weight is 959 g/mol. The van der Waals surface area contributed by atoms with Gasteiger partial charge in [-0.15, -0.1) is 12.6 Å². The van der Waals surface area contributed by atoms with E-state index < -0.39 is 108 Å². The molecule has 0 aromatic rings. The summed E-state index contributed by atoms with van der Waals surface area (Å²) in [4.78, 5) is 120. The van der Waals surface area contributed by atoms with Crippen molar-refractivity contribution in [2.24, 2.45) is 34.8 Å². The van der Waals surface area contributed by atoms with Crippen molar-refractivity contribution >= 4 is 83.6 Å². The molecular formula is C40H74N14O9S2. The first kappa shape index (κ1) is 58.3. The summed E-state index contributed by atoms with van der Waals surface area (Å²) in [5.41, 5.74) is 22.9. The van der Waals surface area contributed by atoms with Crippen LogP contribution in [0.2, 0.25) is 0 Å². The molecular weight excluding hydrogens is 885 g/mol. The van der Waals surface area contributed by atoms with E-state index in [2.05, 4.69) is 67.8 Å². The van der Waals surface area contributed by atoms with Crippen LogP contribution in [0.1, 0.15) is 92.4 Å². The molecule has 1 aliphatic rings. The molecule has 23 nitrogen and oxygen atoms in total. The Kier molecular flexibility index (Phi) is 27.3. The average Bonchev–Trinajstić information content (AvgIpc) is 3.73. The number of nitrogens with one attached hydrogen (secondary N) is 9. The number of carbonyl (C=O) groups excluding carboxylic acids is 9. The molecule has 8 amide bonds. The predicted octanol–water partition coefficient (Wildman–Crippen LogP) is -3.82. The minimum atomic E-state index is -1.36. The van der Waals surface area contributed by atoms with Crippen molar-refractivity contribution < 1.29 is 43.2 Å². The maximum absolute atomic E-state index is 13.5. The first-order valence-electron chi connectivity index (χ1n) is 22.0. The molecule has 17 N–H and O–H groups in total. The molecule has 0 unspecified atom stereocenters. The van der Waals surface area contributed by atoms with Gasteiger partial charge in [0.15, 0.2) is 5.96 Å². The molecule has 65 heavy (non-hydrogen) atoms. The van der Waals surface area contributed by atoms with Crippen molar-refractivity contribution in [2.75, 3.05) is 38.5 Å². The summed E-state index contributed by atoms with van der Waals surface area (Å²) < 4.78 is 0. The van der Waals surface area contributed by atoms with Gasteiger partial charge in [-0.1, -0.05) is 34.1 Å². The highest BCUT2D eigenvalue weighted by atomic mass is 32.1. The fourth-order valence-electron chi connectivity index (χ4n) is 6.79. The third-order valence-corrected chi connectivity index (χ3v) is 11.0. The first-order chi connectivity index (χ1) is 30.6. The lowest BCUT2D eigenvalue weighted by molar-refractivity contribution is -0.140. The van der Waals surface area contributed by atoms with E-state index in [4.69, 9.17) is 28.3 Å². The van der Waals surface area contributed by atoms with E-state index in [0.29, 0.717) is 38.8 Å². The molecule has 1 rings (SSSR count). The summed E-state index contributed by atoms with van der Waals surface area (Å²) >= 11 is 7.79. The van der Waals surface area contributed by atoms with Crippen molar-refractivity contribution in [3.8, 4) is 0 Å². The van der Waals surface area contributed by atoms with Crippen LogP contribution in [0.3, 0.4) is 0 Å². The second-order valence-corrected chi connectivity index (χ2v) is 17.7. The molecule has 1 heterocycles. The third kappa shape index (κ3) is 21.9. The van der Waals surface area contributed by atoms with Crippen molar-refractivity contribution in [3.05, 3.63) is 0 Å². The van der Waals surface area contributed by atoms with Gasteiger partial charge in [-0.2, -0.15) is 12.6 Å². The Hall–Kier alpha value is -4.72. The lowest BCUT2D eigenvalue weighted by Crippen LogP contribution is -2.60. The van der Waals surface area contributed by atoms with E-state index in [0.717, 1.165) is 6.42 Å². The number of unbranched alkanes of at least 4 members (excludes halogenated alkanes) is 1. The molecule has 0 bridgehead atoms. The molecule has 1 saturated heterocycles. The number of thiol groups is 2. The molecule has 0 spiro atoms. The van der Waals surface area contributed by atoms with Crippen LogP contribution < -0.4 is 65.5 Å². The monoisotopic (exact) mass is 959 g/mol. The van der Waals surface area contributed by atoms with Crippen LogP contribution in [0.15, 0.2) is 0 Å². The van der Waals surface area contributed by atoms with Crippen LogP contribution in [0, 0.1) is 17.2 Å². The zero-order chi connectivity index (χ0) is 49.4. The van der Waals surface area contributed by atoms with E-state index in [1.54, 1.807) is 13.8 Å². The lowest BCUT2D eigenvalue weighted by atomic mass is 10.0. The van der Waals surface area contributed by atoms with Gasteiger partial charge in [0.2, 0.25) is 52.4 Å². The molecule has 0 saturated carbocycles. The molecule has 25 heteroatoms. The predicted molar refractivity (Wildman–Crippen MR) is 251 cm³/mol. The van der Waals surface area contributed by atoms with Crippen LogP contribution in [0.5, 0.6) is 0 Å². The second kappa shape index (κ2) is 30.5. The maximum Gasteiger partial charge on any atom is 0.244 e. The van der Waals surface area contributed by atoms with Crippen LogP contribution in [0.25, 0.3) is 0 Å². The molecule has 0 aromatic heterocycles. The molecule has 1 aliphatic heterocycles. The minimum absolute atomic E-state index is 0.0424. The first-order valence-corrected chi connectivity index (χ1v) is 23.1. The smallest absolute Gasteiger partial charge is 0.244 e. The number of amides is 8. The summed E-state index contributed by atoms with van der Waals surface area (Å²) in [5, 5.41) is 27.1. The molecule has 370 valence electrons. The Balaban J connectivity index is 2.96. The third-order valence-electron chi connectivity index (χ3n) is 10.3. The van der Waals surface area contributed by atoms with Gasteiger partial charge in [-0.25, -0.2) is 0 Å². The van der Waals surface area contributed by atoms with E-state index in [1.165, 1.54) is 11.8 Å². The number of likely N-dealkylation sites (tertiary alicyclic amines) is 1. The van der Waals surface area contributed by atoms with Gasteiger partial charge in [0.1, 0.15) is 42.3 Å². The summed E-state index contributed by atoms with van der Waals surface area (Å²) in [6.07, 6.45) is 3.49. The van der Waals surface area contributed by atoms with Crippen molar-refractivity contribution in [1.29, 1.82) is 5.41 Å². The fourth-order valence-corrected chi connectivity index (χ4v) is 7.35. The van der Waals surface area contributed by atoms with Gasteiger partial charge in [0, 0.05) is 25.4 Å². The van der Waals surface area contributed by atoms with Crippen LogP contribution in [-0.4, -0.2) is 150 Å². The van der Waals surface area contributed by atoms with Crippen LogP contribution in [-0.2, 0) is 43.2 Å². The number of carbonyl (C=O) groups is 9. The van der Waals surface area contributed by atoms with E-state index in [1.807, 2.05) is 13.8 Å². The molecule has 0 aromatic carbocycles. The van der Waals surface area contributed by atoms with E-state index in [9.17, 15) is 43.2 Å². The Labute approximate surface area is 392 Å². The summed E-state index contributed by atoms with van der Waals surface area (Å²) in [7, 11) is 0. The molecule has 8 atom stereocenters. The number of nitrogens with zero attached hydrogens (tertiary/aromatic N) is 1. The second-order valence-electron chi connectivity index (χ2n) is 16.9. The minimum Gasteiger partial charge on any atom is -0.370 e. The maximum atomic E-state index is 13.5. The topological polar surface area (TPSA) is 381 Å². The Morgan fingerprint density at radius 2 is 1.26 bits per heavy atom. The van der Waals surface area contributed by atoms with Gasteiger partial charge in [-0.05, 0) is 76.7 Å². The van der Waals surface area contributed by atoms with E-state index in [-0.39, 0.29) is 61.7 Å². The van der Waals surface area contributed by atoms with Crippen LogP contribution >= 0.6 is 25.3 Å². The van der Waals surface area contributed by atoms with Crippen molar-refractivity contribution in [2.45, 2.75) is 141 Å². The Morgan fingerprint density at radius 3 is 1.82 bits per heavy atom. The van der Waals surface area contributed by atoms with Gasteiger partial charge < -0.3 is 70.4 Å². The zero-order valence-electron chi connectivity index (χ0n) is 38.2. The van der Waals surface area contributed by atoms with Gasteiger partial charge in [0.05, 0.1) is 12.6 Å². The fraction of sp³-hybridized carbons (Fsp3) is 0.750. The highest BCUT2D eigenvalue weighted by molar-refractivity contribution is 7.96. The zero-order valence-corrected chi connectivity index (χ0v) is 40.0. The molecule has 0 aliphatic carbocycles. The van der Waals surface area contributed by atoms with Gasteiger partial charge in [0.25, 0.3) is 0 Å². The normalized spacial score (nSPS) is 16.7. The summed E-state index contributed by atoms with van der Waals surface area (Å²) in [5.74, 6) is -5.87. The number of guanidine groups is 1. The summed E-state index contributed by atoms with van der Waals surface area (Å²) in [6.45, 7) is 8.73. The Morgan fingerprint density at radius 1 is 0.692 bits per heavy atom. The highest BCUT2D eigenvalue weighted by Crippen LogP contribution is 2.20. The standard InChI is InChI=1S/C40H74N14O9S2/c1-21(2)16-26(51-37(61)30-12-9-15-54(30)38(62)24(43)10-6-7-13-41)33(57)47-19-31(55)49-27(17-22(3)4)35(59)52-28(18-42)36(60)48-23(5)32(56)50-25(11-8-14-46-40(44)45)34(58)53-29(20-64)39(63)65/h21-30,64H,6-20,41-43H2,1-5H3,(H,47,57)(H,48,60)(H,49,55)(H,50,56)(H,51,61)(H,52,59)(H,53,58)(H,63,65)(H4,44,45,46)/t23-,24-,25-,26-,27-,28-,29-,30-/m0/s1. The van der Waals surface area contributed by atoms with Crippen molar-refractivity contribution in [3.63, 3.8) is 0 Å². The lowest BCUT2D eigenvalue weighted by Gasteiger charge is -2.29. The van der Waals surface area contributed by atoms with Crippen LogP contribution in [0.4, 0.5) is 0 Å². The van der Waals surface area contributed by atoms with Crippen molar-refractivity contribution in [1.82, 2.24) is 47.4 Å².